The predicted molar refractivity (Wildman–Crippen MR) is 44.3 cm³/mol. The fourth-order valence-electron chi connectivity index (χ4n) is 0.924. The molecule has 2 atom stereocenters. The zero-order chi connectivity index (χ0) is 8.32. The van der Waals surface area contributed by atoms with Crippen LogP contribution in [0, 0.1) is 0 Å². The highest BCUT2D eigenvalue weighted by Gasteiger charge is 2.33. The van der Waals surface area contributed by atoms with E-state index in [2.05, 4.69) is 0 Å². The summed E-state index contributed by atoms with van der Waals surface area (Å²) in [6, 6.07) is 0. The monoisotopic (exact) mass is 198 g/mol. The lowest BCUT2D eigenvalue weighted by Gasteiger charge is -2.07. The molecule has 0 saturated carbocycles. The van der Waals surface area contributed by atoms with Crippen LogP contribution in [0.15, 0.2) is 0 Å². The highest BCUT2D eigenvalue weighted by molar-refractivity contribution is 7.54. The molecule has 3 nitrogen and oxygen atoms in total. The molecule has 0 aliphatic carbocycles. The van der Waals surface area contributed by atoms with Gasteiger partial charge in [-0.3, -0.25) is 4.57 Å². The Hall–Kier alpha value is 0.440. The van der Waals surface area contributed by atoms with Crippen LogP contribution in [0.2, 0.25) is 0 Å². The maximum Gasteiger partial charge on any atom is 0.331 e. The molecule has 0 spiro atoms. The van der Waals surface area contributed by atoms with Crippen molar-refractivity contribution in [3.63, 3.8) is 0 Å². The second-order valence-electron chi connectivity index (χ2n) is 2.59. The van der Waals surface area contributed by atoms with E-state index in [0.29, 0.717) is 25.1 Å². The molecule has 5 heteroatoms. The number of hydrogen-bond acceptors (Lipinski definition) is 3. The summed E-state index contributed by atoms with van der Waals surface area (Å²) in [5, 5.41) is 0. The van der Waals surface area contributed by atoms with E-state index in [9.17, 15) is 4.57 Å². The van der Waals surface area contributed by atoms with E-state index in [1.54, 1.807) is 0 Å². The number of alkyl halides is 1. The van der Waals surface area contributed by atoms with E-state index in [4.69, 9.17) is 20.6 Å². The number of halogens is 1. The fraction of sp³-hybridized carbons (Fsp3) is 1.00. The van der Waals surface area contributed by atoms with Crippen LogP contribution < -0.4 is 0 Å². The van der Waals surface area contributed by atoms with Crippen LogP contribution in [0.4, 0.5) is 0 Å². The van der Waals surface area contributed by atoms with Crippen molar-refractivity contribution in [3.05, 3.63) is 0 Å². The van der Waals surface area contributed by atoms with E-state index in [-0.39, 0.29) is 6.10 Å². The Bertz CT molecular complexity index is 173. The first-order chi connectivity index (χ1) is 5.16. The van der Waals surface area contributed by atoms with E-state index >= 15 is 0 Å². The Morgan fingerprint density at radius 2 is 2.45 bits per heavy atom. The van der Waals surface area contributed by atoms with Crippen LogP contribution >= 0.6 is 19.2 Å². The first-order valence-electron chi connectivity index (χ1n) is 3.64. The lowest BCUT2D eigenvalue weighted by Crippen LogP contribution is -2.00. The van der Waals surface area contributed by atoms with Crippen LogP contribution in [0.1, 0.15) is 13.3 Å². The average Bonchev–Trinajstić information content (AvgIpc) is 2.28. The van der Waals surface area contributed by atoms with Crippen LogP contribution in [-0.4, -0.2) is 24.8 Å². The van der Waals surface area contributed by atoms with Gasteiger partial charge in [0.2, 0.25) is 0 Å². The van der Waals surface area contributed by atoms with Gasteiger partial charge in [-0.15, -0.1) is 11.6 Å². The van der Waals surface area contributed by atoms with Gasteiger partial charge in [-0.1, -0.05) is 0 Å². The van der Waals surface area contributed by atoms with E-state index in [0.717, 1.165) is 0 Å². The lowest BCUT2D eigenvalue weighted by atomic mass is 10.5. The van der Waals surface area contributed by atoms with Crippen LogP contribution in [0.25, 0.3) is 0 Å². The summed E-state index contributed by atoms with van der Waals surface area (Å²) in [7, 11) is -2.73. The molecule has 2 unspecified atom stereocenters. The van der Waals surface area contributed by atoms with Gasteiger partial charge in [0, 0.05) is 5.88 Å². The quantitative estimate of drug-likeness (QED) is 0.515. The zero-order valence-corrected chi connectivity index (χ0v) is 8.11. The van der Waals surface area contributed by atoms with Gasteiger partial charge in [-0.25, -0.2) is 0 Å². The second kappa shape index (κ2) is 3.90. The molecule has 0 bridgehead atoms. The van der Waals surface area contributed by atoms with Gasteiger partial charge >= 0.3 is 7.60 Å². The van der Waals surface area contributed by atoms with Crippen molar-refractivity contribution >= 4 is 19.2 Å². The molecule has 0 aromatic carbocycles. The summed E-state index contributed by atoms with van der Waals surface area (Å²) in [5.74, 6) is 0.505. The van der Waals surface area contributed by atoms with Gasteiger partial charge in [0.25, 0.3) is 0 Å². The smallest absolute Gasteiger partial charge is 0.306 e. The molecule has 1 aliphatic rings. The first kappa shape index (κ1) is 9.53. The maximum atomic E-state index is 11.5. The first-order valence-corrected chi connectivity index (χ1v) is 5.90. The van der Waals surface area contributed by atoms with E-state index < -0.39 is 7.60 Å². The highest BCUT2D eigenvalue weighted by Crippen LogP contribution is 2.54. The minimum absolute atomic E-state index is 0.0313. The van der Waals surface area contributed by atoms with Gasteiger partial charge in [-0.2, -0.15) is 0 Å². The molecule has 1 rings (SSSR count). The highest BCUT2D eigenvalue weighted by atomic mass is 35.5. The van der Waals surface area contributed by atoms with Gasteiger partial charge < -0.3 is 9.05 Å². The van der Waals surface area contributed by atoms with Crippen molar-refractivity contribution in [3.8, 4) is 0 Å². The Balaban J connectivity index is 2.36. The van der Waals surface area contributed by atoms with Crippen molar-refractivity contribution in [2.24, 2.45) is 0 Å². The molecule has 1 saturated heterocycles. The van der Waals surface area contributed by atoms with Gasteiger partial charge in [0.05, 0.1) is 18.9 Å². The van der Waals surface area contributed by atoms with Crippen LogP contribution in [0.5, 0.6) is 0 Å². The minimum atomic E-state index is -2.73. The lowest BCUT2D eigenvalue weighted by molar-refractivity contribution is 0.256. The normalized spacial score (nSPS) is 37.8. The fourth-order valence-corrected chi connectivity index (χ4v) is 3.13. The summed E-state index contributed by atoms with van der Waals surface area (Å²) in [5.41, 5.74) is 0. The van der Waals surface area contributed by atoms with Crippen molar-refractivity contribution in [1.82, 2.24) is 0 Å². The summed E-state index contributed by atoms with van der Waals surface area (Å²) in [6.07, 6.45) is 1.10. The predicted octanol–water partition coefficient (Wildman–Crippen LogP) is 2.24. The molecule has 0 radical (unpaired) electrons. The summed E-state index contributed by atoms with van der Waals surface area (Å²) >= 11 is 5.45. The Labute approximate surface area is 71.6 Å². The molecule has 0 aromatic heterocycles. The van der Waals surface area contributed by atoms with Crippen molar-refractivity contribution < 1.29 is 13.6 Å². The largest absolute Gasteiger partial charge is 0.331 e. The SMILES string of the molecule is CC1COP(=O)(CCCCl)O1. The Morgan fingerprint density at radius 3 is 2.91 bits per heavy atom. The minimum Gasteiger partial charge on any atom is -0.306 e. The van der Waals surface area contributed by atoms with Gasteiger partial charge in [-0.05, 0) is 13.3 Å². The standard InChI is InChI=1S/C6H12ClO3P/c1-6-5-9-11(8,10-6)4-2-3-7/h6H,2-5H2,1H3. The molecule has 1 heterocycles. The maximum absolute atomic E-state index is 11.5. The second-order valence-corrected chi connectivity index (χ2v) is 5.10. The molecule has 66 valence electrons. The molecule has 0 aromatic rings. The summed E-state index contributed by atoms with van der Waals surface area (Å²) in [6.45, 7) is 2.29. The Kier molecular flexibility index (Phi) is 3.38. The molecule has 11 heavy (non-hydrogen) atoms. The summed E-state index contributed by atoms with van der Waals surface area (Å²) < 4.78 is 21.6. The Morgan fingerprint density at radius 1 is 1.73 bits per heavy atom. The van der Waals surface area contributed by atoms with E-state index in [1.165, 1.54) is 0 Å². The summed E-state index contributed by atoms with van der Waals surface area (Å²) in [4.78, 5) is 0. The average molecular weight is 199 g/mol. The molecule has 1 fully saturated rings. The van der Waals surface area contributed by atoms with Crippen molar-refractivity contribution in [2.45, 2.75) is 19.4 Å². The van der Waals surface area contributed by atoms with Crippen molar-refractivity contribution in [2.75, 3.05) is 18.6 Å². The van der Waals surface area contributed by atoms with Gasteiger partial charge in [0.15, 0.2) is 0 Å². The van der Waals surface area contributed by atoms with E-state index in [1.807, 2.05) is 6.92 Å². The third-order valence-corrected chi connectivity index (χ3v) is 3.77. The van der Waals surface area contributed by atoms with Crippen molar-refractivity contribution in [1.29, 1.82) is 0 Å². The van der Waals surface area contributed by atoms with Crippen LogP contribution in [0.3, 0.4) is 0 Å². The zero-order valence-electron chi connectivity index (χ0n) is 6.46. The third-order valence-electron chi connectivity index (χ3n) is 1.41. The molecule has 0 N–H and O–H groups in total. The molecule has 1 aliphatic heterocycles. The number of rotatable bonds is 3. The molecule has 0 amide bonds. The molecular weight excluding hydrogens is 186 g/mol. The van der Waals surface area contributed by atoms with Gasteiger partial charge in [0.1, 0.15) is 0 Å². The van der Waals surface area contributed by atoms with Crippen LogP contribution in [-0.2, 0) is 13.6 Å². The number of hydrogen-bond donors (Lipinski definition) is 0. The topological polar surface area (TPSA) is 35.5 Å². The third kappa shape index (κ3) is 2.75. The molecular formula is C6H12ClO3P.